The number of carbonyl (C=O) groups is 1. The summed E-state index contributed by atoms with van der Waals surface area (Å²) in [6.45, 7) is 5.76. The van der Waals surface area contributed by atoms with Crippen LogP contribution in [0.15, 0.2) is 64.7 Å². The molecule has 1 unspecified atom stereocenters. The summed E-state index contributed by atoms with van der Waals surface area (Å²) in [5, 5.41) is 12.6. The molecule has 172 valence electrons. The van der Waals surface area contributed by atoms with Crippen LogP contribution in [-0.2, 0) is 16.1 Å². The first kappa shape index (κ1) is 22.9. The summed E-state index contributed by atoms with van der Waals surface area (Å²) in [4.78, 5) is 29.2. The van der Waals surface area contributed by atoms with E-state index in [-0.39, 0.29) is 12.2 Å². The number of benzene rings is 2. The van der Waals surface area contributed by atoms with Crippen LogP contribution < -0.4 is 15.6 Å². The van der Waals surface area contributed by atoms with Crippen molar-refractivity contribution in [2.75, 3.05) is 12.4 Å². The molecule has 0 saturated carbocycles. The Hall–Kier alpha value is -4.31. The number of allylic oxidation sites excluding steroid dienone is 1. The van der Waals surface area contributed by atoms with Crippen LogP contribution in [0.3, 0.4) is 0 Å². The van der Waals surface area contributed by atoms with Crippen LogP contribution >= 0.6 is 0 Å². The highest BCUT2D eigenvalue weighted by atomic mass is 16.5. The van der Waals surface area contributed by atoms with Gasteiger partial charge in [-0.05, 0) is 44.0 Å². The Morgan fingerprint density at radius 3 is 2.53 bits per heavy atom. The fourth-order valence-corrected chi connectivity index (χ4v) is 4.22. The van der Waals surface area contributed by atoms with Gasteiger partial charge in [-0.15, -0.1) is 0 Å². The number of pyridine rings is 1. The van der Waals surface area contributed by atoms with Crippen LogP contribution in [0.25, 0.3) is 0 Å². The van der Waals surface area contributed by atoms with Crippen molar-refractivity contribution >= 4 is 11.7 Å². The molecule has 0 bridgehead atoms. The van der Waals surface area contributed by atoms with Crippen LogP contribution in [0, 0.1) is 25.2 Å². The minimum absolute atomic E-state index is 0.101. The zero-order valence-corrected chi connectivity index (χ0v) is 19.5. The van der Waals surface area contributed by atoms with Gasteiger partial charge in [0.25, 0.3) is 5.56 Å². The number of rotatable bonds is 5. The van der Waals surface area contributed by atoms with E-state index in [1.54, 1.807) is 31.3 Å². The van der Waals surface area contributed by atoms with E-state index in [0.717, 1.165) is 16.7 Å². The summed E-state index contributed by atoms with van der Waals surface area (Å²) in [5.41, 5.74) is 5.46. The molecule has 1 atom stereocenters. The van der Waals surface area contributed by atoms with Gasteiger partial charge in [0, 0.05) is 17.5 Å². The highest BCUT2D eigenvalue weighted by Crippen LogP contribution is 2.44. The van der Waals surface area contributed by atoms with E-state index >= 15 is 0 Å². The molecule has 0 amide bonds. The molecule has 0 radical (unpaired) electrons. The van der Waals surface area contributed by atoms with Gasteiger partial charge >= 0.3 is 5.97 Å². The van der Waals surface area contributed by atoms with Crippen molar-refractivity contribution in [2.45, 2.75) is 33.3 Å². The van der Waals surface area contributed by atoms with Crippen LogP contribution in [-0.4, -0.2) is 18.1 Å². The van der Waals surface area contributed by atoms with E-state index in [1.807, 2.05) is 38.1 Å². The number of carbonyl (C=O) groups excluding carboxylic acids is 1. The summed E-state index contributed by atoms with van der Waals surface area (Å²) >= 11 is 0. The van der Waals surface area contributed by atoms with Gasteiger partial charge in [0.2, 0.25) is 0 Å². The minimum Gasteiger partial charge on any atom is -0.496 e. The van der Waals surface area contributed by atoms with Crippen molar-refractivity contribution in [1.82, 2.24) is 4.98 Å². The number of nitrogens with zero attached hydrogens (tertiary/aromatic N) is 1. The lowest BCUT2D eigenvalue weighted by Crippen LogP contribution is -2.30. The molecule has 3 aromatic rings. The van der Waals surface area contributed by atoms with Crippen molar-refractivity contribution in [3.05, 3.63) is 104 Å². The number of H-pyrrole nitrogens is 1. The number of aromatic nitrogens is 1. The molecule has 2 heterocycles. The topological polar surface area (TPSA) is 104 Å². The lowest BCUT2D eigenvalue weighted by molar-refractivity contribution is -0.140. The second-order valence-corrected chi connectivity index (χ2v) is 8.32. The van der Waals surface area contributed by atoms with Crippen LogP contribution in [0.5, 0.6) is 5.75 Å². The second-order valence-electron chi connectivity index (χ2n) is 8.32. The average molecular weight is 456 g/mol. The van der Waals surface area contributed by atoms with E-state index in [9.17, 15) is 14.9 Å². The van der Waals surface area contributed by atoms with E-state index in [0.29, 0.717) is 39.4 Å². The molecule has 34 heavy (non-hydrogen) atoms. The normalized spacial score (nSPS) is 14.6. The molecular weight excluding hydrogens is 430 g/mol. The fourth-order valence-electron chi connectivity index (χ4n) is 4.22. The lowest BCUT2D eigenvalue weighted by atomic mass is 9.80. The number of aromatic amines is 1. The number of methoxy groups -OCH3 is 1. The number of nitrogens with one attached hydrogen (secondary N) is 2. The van der Waals surface area contributed by atoms with Crippen LogP contribution in [0.4, 0.5) is 5.69 Å². The number of hydrogen-bond donors (Lipinski definition) is 2. The maximum atomic E-state index is 13.4. The maximum absolute atomic E-state index is 13.4. The summed E-state index contributed by atoms with van der Waals surface area (Å²) in [7, 11) is 1.49. The SMILES string of the molecule is COc1cc(C#N)ccc1C1C(C(=O)OCc2ccc(C)cc2)=C(C)Nc2c(C)c[nH]c(=O)c21. The average Bonchev–Trinajstić information content (AvgIpc) is 2.84. The number of anilines is 1. The first-order valence-electron chi connectivity index (χ1n) is 10.8. The number of esters is 1. The van der Waals surface area contributed by atoms with Crippen molar-refractivity contribution < 1.29 is 14.3 Å². The number of aryl methyl sites for hydroxylation is 2. The van der Waals surface area contributed by atoms with Crippen molar-refractivity contribution in [2.24, 2.45) is 0 Å². The van der Waals surface area contributed by atoms with Gasteiger partial charge in [0.1, 0.15) is 12.4 Å². The van der Waals surface area contributed by atoms with Crippen molar-refractivity contribution in [1.29, 1.82) is 5.26 Å². The number of fused-ring (bicyclic) bond motifs is 1. The van der Waals surface area contributed by atoms with E-state index in [4.69, 9.17) is 9.47 Å². The van der Waals surface area contributed by atoms with Gasteiger partial charge in [0.05, 0.1) is 41.5 Å². The molecule has 7 nitrogen and oxygen atoms in total. The Morgan fingerprint density at radius 1 is 1.12 bits per heavy atom. The second kappa shape index (κ2) is 9.28. The molecule has 2 N–H and O–H groups in total. The quantitative estimate of drug-likeness (QED) is 0.551. The molecule has 0 fully saturated rings. The third kappa shape index (κ3) is 4.18. The van der Waals surface area contributed by atoms with Gasteiger partial charge in [-0.2, -0.15) is 5.26 Å². The fraction of sp³-hybridized carbons (Fsp3) is 0.222. The Kier molecular flexibility index (Phi) is 6.24. The third-order valence-corrected chi connectivity index (χ3v) is 6.01. The Labute approximate surface area is 197 Å². The largest absolute Gasteiger partial charge is 0.496 e. The zero-order valence-electron chi connectivity index (χ0n) is 19.5. The molecule has 7 heteroatoms. The summed E-state index contributed by atoms with van der Waals surface area (Å²) in [6, 6.07) is 14.8. The van der Waals surface area contributed by atoms with Crippen LogP contribution in [0.2, 0.25) is 0 Å². The highest BCUT2D eigenvalue weighted by Gasteiger charge is 2.37. The summed E-state index contributed by atoms with van der Waals surface area (Å²) in [5.74, 6) is -0.865. The van der Waals surface area contributed by atoms with Gasteiger partial charge in [-0.1, -0.05) is 35.9 Å². The standard InChI is InChI=1S/C27H25N3O4/c1-15-5-7-18(8-6-15)14-34-27(32)22-17(3)30-25-16(2)13-29-26(31)24(25)23(22)20-10-9-19(12-28)11-21(20)33-4/h5-11,13,23,30H,14H2,1-4H3,(H,29,31). The molecule has 1 aromatic heterocycles. The van der Waals surface area contributed by atoms with Gasteiger partial charge in [-0.25, -0.2) is 4.79 Å². The molecule has 2 aromatic carbocycles. The molecule has 0 aliphatic carbocycles. The third-order valence-electron chi connectivity index (χ3n) is 6.01. The van der Waals surface area contributed by atoms with Crippen molar-refractivity contribution in [3.63, 3.8) is 0 Å². The van der Waals surface area contributed by atoms with Gasteiger partial charge in [-0.3, -0.25) is 4.79 Å². The van der Waals surface area contributed by atoms with Gasteiger partial charge < -0.3 is 19.8 Å². The Balaban J connectivity index is 1.83. The zero-order chi connectivity index (χ0) is 24.4. The first-order chi connectivity index (χ1) is 16.3. The number of hydrogen-bond acceptors (Lipinski definition) is 6. The summed E-state index contributed by atoms with van der Waals surface area (Å²) < 4.78 is 11.3. The predicted octanol–water partition coefficient (Wildman–Crippen LogP) is 4.45. The monoisotopic (exact) mass is 455 g/mol. The molecule has 1 aliphatic rings. The Morgan fingerprint density at radius 2 is 1.85 bits per heavy atom. The van der Waals surface area contributed by atoms with E-state index < -0.39 is 11.9 Å². The van der Waals surface area contributed by atoms with E-state index in [2.05, 4.69) is 16.4 Å². The minimum atomic E-state index is -0.742. The smallest absolute Gasteiger partial charge is 0.337 e. The lowest BCUT2D eigenvalue weighted by Gasteiger charge is -2.31. The predicted molar refractivity (Wildman–Crippen MR) is 129 cm³/mol. The molecule has 0 spiro atoms. The van der Waals surface area contributed by atoms with Gasteiger partial charge in [0.15, 0.2) is 0 Å². The molecule has 4 rings (SSSR count). The maximum Gasteiger partial charge on any atom is 0.337 e. The number of nitriles is 1. The van der Waals surface area contributed by atoms with Crippen molar-refractivity contribution in [3.8, 4) is 11.8 Å². The number of ether oxygens (including phenoxy) is 2. The Bertz CT molecular complexity index is 1390. The highest BCUT2D eigenvalue weighted by molar-refractivity contribution is 5.95. The van der Waals surface area contributed by atoms with Crippen LogP contribution in [0.1, 0.15) is 46.2 Å². The molecule has 1 aliphatic heterocycles. The molecule has 0 saturated heterocycles. The van der Waals surface area contributed by atoms with E-state index in [1.165, 1.54) is 7.11 Å². The molecular formula is C27H25N3O4. The first-order valence-corrected chi connectivity index (χ1v) is 10.8. The summed E-state index contributed by atoms with van der Waals surface area (Å²) in [6.07, 6.45) is 1.63.